The highest BCUT2D eigenvalue weighted by Crippen LogP contribution is 2.64. The van der Waals surface area contributed by atoms with Gasteiger partial charge in [0.25, 0.3) is 0 Å². The zero-order chi connectivity index (χ0) is 22.5. The first-order valence-corrected chi connectivity index (χ1v) is 13.0. The van der Waals surface area contributed by atoms with Gasteiger partial charge in [-0.05, 0) is 111 Å². The predicted octanol–water partition coefficient (Wildman–Crippen LogP) is 5.96. The first kappa shape index (κ1) is 22.3. The number of nitrogens with zero attached hydrogens (tertiary/aromatic N) is 1. The van der Waals surface area contributed by atoms with Gasteiger partial charge < -0.3 is 10.4 Å². The molecule has 0 saturated heterocycles. The summed E-state index contributed by atoms with van der Waals surface area (Å²) in [6, 6.07) is 2.89. The summed E-state index contributed by atoms with van der Waals surface area (Å²) in [6.45, 7) is 4.54. The van der Waals surface area contributed by atoms with Crippen LogP contribution in [0.3, 0.4) is 0 Å². The van der Waals surface area contributed by atoms with Gasteiger partial charge in [0.15, 0.2) is 0 Å². The fourth-order valence-corrected chi connectivity index (χ4v) is 8.75. The zero-order valence-corrected chi connectivity index (χ0v) is 19.7. The Morgan fingerprint density at radius 3 is 2.69 bits per heavy atom. The van der Waals surface area contributed by atoms with Crippen molar-refractivity contribution in [3.8, 4) is 0 Å². The molecule has 0 aliphatic heterocycles. The lowest BCUT2D eigenvalue weighted by Gasteiger charge is -2.57. The number of aromatic nitrogens is 1. The second-order valence-electron chi connectivity index (χ2n) is 11.7. The molecule has 4 aliphatic rings. The molecule has 1 aromatic rings. The van der Waals surface area contributed by atoms with Crippen molar-refractivity contribution in [1.82, 2.24) is 4.98 Å². The van der Waals surface area contributed by atoms with Crippen LogP contribution in [0.25, 0.3) is 0 Å². The molecule has 2 N–H and O–H groups in total. The van der Waals surface area contributed by atoms with E-state index in [1.54, 1.807) is 6.07 Å². The van der Waals surface area contributed by atoms with Gasteiger partial charge in [0.1, 0.15) is 11.6 Å². The van der Waals surface area contributed by atoms with E-state index in [0.29, 0.717) is 17.7 Å². The molecule has 0 aromatic carbocycles. The molecule has 4 fully saturated rings. The van der Waals surface area contributed by atoms with Crippen molar-refractivity contribution < 1.29 is 14.3 Å². The molecular formula is C27H39FN2O2. The number of amides is 1. The Morgan fingerprint density at radius 1 is 1.12 bits per heavy atom. The summed E-state index contributed by atoms with van der Waals surface area (Å²) in [5.41, 5.74) is -0.368. The van der Waals surface area contributed by atoms with Crippen LogP contribution in [0, 0.1) is 46.7 Å². The van der Waals surface area contributed by atoms with Crippen molar-refractivity contribution in [2.75, 3.05) is 5.32 Å². The Labute approximate surface area is 191 Å². The molecule has 1 amide bonds. The number of hydrogen-bond donors (Lipinski definition) is 2. The largest absolute Gasteiger partial charge is 0.390 e. The average molecular weight is 443 g/mol. The summed E-state index contributed by atoms with van der Waals surface area (Å²) in [7, 11) is 0. The van der Waals surface area contributed by atoms with E-state index in [9.17, 15) is 14.3 Å². The molecule has 1 aromatic heterocycles. The maximum absolute atomic E-state index is 13.2. The highest BCUT2D eigenvalue weighted by molar-refractivity contribution is 5.92. The standard InChI is InChI=1S/C27H39FN2O2/c1-3-12-27(32)14-11-19-17(15-27)4-6-21-20(19)10-13-26(2)22(21)7-8-23(26)25(31)30-24-9-5-18(28)16-29-24/h5,9,16-17,19-23,32H,3-4,6-8,10-15H2,1-2H3,(H,29,30,31). The van der Waals surface area contributed by atoms with E-state index >= 15 is 0 Å². The maximum atomic E-state index is 13.2. The van der Waals surface area contributed by atoms with E-state index in [1.807, 2.05) is 0 Å². The van der Waals surface area contributed by atoms with Crippen molar-refractivity contribution >= 4 is 11.7 Å². The van der Waals surface area contributed by atoms with Crippen molar-refractivity contribution in [1.29, 1.82) is 0 Å². The van der Waals surface area contributed by atoms with Gasteiger partial charge in [-0.25, -0.2) is 9.37 Å². The molecule has 1 heterocycles. The number of fused-ring (bicyclic) bond motifs is 5. The number of anilines is 1. The van der Waals surface area contributed by atoms with Crippen molar-refractivity contribution in [3.63, 3.8) is 0 Å². The van der Waals surface area contributed by atoms with Gasteiger partial charge in [0.2, 0.25) is 5.91 Å². The first-order chi connectivity index (χ1) is 15.3. The molecule has 4 nitrogen and oxygen atoms in total. The number of halogens is 1. The van der Waals surface area contributed by atoms with Crippen LogP contribution in [-0.2, 0) is 4.79 Å². The van der Waals surface area contributed by atoms with Crippen LogP contribution < -0.4 is 5.32 Å². The minimum atomic E-state index is -0.420. The molecule has 4 saturated carbocycles. The molecule has 5 rings (SSSR count). The number of carbonyl (C=O) groups excluding carboxylic acids is 1. The smallest absolute Gasteiger partial charge is 0.229 e. The SMILES string of the molecule is CCCC1(O)CCC2C(CCC3C2CCC2(C)C(C(=O)Nc4ccc(F)cn4)CCC32)C1. The zero-order valence-electron chi connectivity index (χ0n) is 19.7. The number of aliphatic hydroxyl groups is 1. The van der Waals surface area contributed by atoms with Crippen LogP contribution in [0.15, 0.2) is 18.3 Å². The highest BCUT2D eigenvalue weighted by Gasteiger charge is 2.59. The van der Waals surface area contributed by atoms with E-state index in [1.165, 1.54) is 31.7 Å². The summed E-state index contributed by atoms with van der Waals surface area (Å²) < 4.78 is 13.2. The number of pyridine rings is 1. The van der Waals surface area contributed by atoms with Crippen LogP contribution in [0.1, 0.15) is 84.5 Å². The van der Waals surface area contributed by atoms with Crippen LogP contribution in [0.2, 0.25) is 0 Å². The van der Waals surface area contributed by atoms with Gasteiger partial charge in [0.05, 0.1) is 11.8 Å². The van der Waals surface area contributed by atoms with Gasteiger partial charge in [-0.3, -0.25) is 4.79 Å². The first-order valence-electron chi connectivity index (χ1n) is 13.0. The van der Waals surface area contributed by atoms with Gasteiger partial charge in [0, 0.05) is 5.92 Å². The molecular weight excluding hydrogens is 403 g/mol. The number of carbonyl (C=O) groups is 1. The fourth-order valence-electron chi connectivity index (χ4n) is 8.75. The Balaban J connectivity index is 1.28. The summed E-state index contributed by atoms with van der Waals surface area (Å²) in [6.07, 6.45) is 13.3. The Bertz CT molecular complexity index is 845. The minimum absolute atomic E-state index is 0.0130. The third kappa shape index (κ3) is 3.78. The molecule has 8 atom stereocenters. The number of nitrogens with one attached hydrogen (secondary N) is 1. The summed E-state index contributed by atoms with van der Waals surface area (Å²) in [5, 5.41) is 14.0. The van der Waals surface area contributed by atoms with Crippen LogP contribution in [0.4, 0.5) is 10.2 Å². The maximum Gasteiger partial charge on any atom is 0.229 e. The lowest BCUT2D eigenvalue weighted by Crippen LogP contribution is -2.51. The molecule has 0 spiro atoms. The normalized spacial score (nSPS) is 43.1. The van der Waals surface area contributed by atoms with Crippen LogP contribution in [-0.4, -0.2) is 21.6 Å². The quantitative estimate of drug-likeness (QED) is 0.605. The average Bonchev–Trinajstić information content (AvgIpc) is 3.12. The Kier molecular flexibility index (Phi) is 5.84. The lowest BCUT2D eigenvalue weighted by molar-refractivity contribution is -0.130. The van der Waals surface area contributed by atoms with Gasteiger partial charge in [-0.15, -0.1) is 0 Å². The van der Waals surface area contributed by atoms with Crippen molar-refractivity contribution in [2.24, 2.45) is 40.9 Å². The fraction of sp³-hybridized carbons (Fsp3) is 0.778. The molecule has 32 heavy (non-hydrogen) atoms. The predicted molar refractivity (Wildman–Crippen MR) is 123 cm³/mol. The topological polar surface area (TPSA) is 62.2 Å². The third-order valence-corrected chi connectivity index (χ3v) is 10.1. The Morgan fingerprint density at radius 2 is 1.94 bits per heavy atom. The van der Waals surface area contributed by atoms with Gasteiger partial charge in [-0.2, -0.15) is 0 Å². The molecule has 8 unspecified atom stereocenters. The van der Waals surface area contributed by atoms with E-state index < -0.39 is 5.60 Å². The summed E-state index contributed by atoms with van der Waals surface area (Å²) in [5.74, 6) is 3.72. The Hall–Kier alpha value is -1.49. The number of hydrogen-bond acceptors (Lipinski definition) is 3. The van der Waals surface area contributed by atoms with Crippen LogP contribution in [0.5, 0.6) is 0 Å². The van der Waals surface area contributed by atoms with Crippen molar-refractivity contribution in [2.45, 2.75) is 90.1 Å². The molecule has 5 heteroatoms. The molecule has 4 aliphatic carbocycles. The molecule has 176 valence electrons. The van der Waals surface area contributed by atoms with Gasteiger partial charge in [-0.1, -0.05) is 20.3 Å². The van der Waals surface area contributed by atoms with Crippen molar-refractivity contribution in [3.05, 3.63) is 24.1 Å². The van der Waals surface area contributed by atoms with Crippen LogP contribution >= 0.6 is 0 Å². The monoisotopic (exact) mass is 442 g/mol. The van der Waals surface area contributed by atoms with E-state index in [4.69, 9.17) is 0 Å². The molecule has 0 bridgehead atoms. The second-order valence-corrected chi connectivity index (χ2v) is 11.7. The summed E-state index contributed by atoms with van der Waals surface area (Å²) in [4.78, 5) is 17.2. The second kappa shape index (κ2) is 8.38. The minimum Gasteiger partial charge on any atom is -0.390 e. The number of rotatable bonds is 4. The third-order valence-electron chi connectivity index (χ3n) is 10.1. The lowest BCUT2D eigenvalue weighted by atomic mass is 9.49. The van der Waals surface area contributed by atoms with E-state index in [2.05, 4.69) is 24.1 Å². The van der Waals surface area contributed by atoms with Gasteiger partial charge >= 0.3 is 0 Å². The summed E-state index contributed by atoms with van der Waals surface area (Å²) >= 11 is 0. The highest BCUT2D eigenvalue weighted by atomic mass is 19.1. The van der Waals surface area contributed by atoms with E-state index in [0.717, 1.165) is 68.9 Å². The van der Waals surface area contributed by atoms with E-state index in [-0.39, 0.29) is 23.1 Å². The molecule has 0 radical (unpaired) electrons.